The van der Waals surface area contributed by atoms with Crippen molar-refractivity contribution in [2.75, 3.05) is 26.0 Å². The zero-order valence-corrected chi connectivity index (χ0v) is 13.6. The molecule has 1 saturated carbocycles. The third kappa shape index (κ3) is 4.52. The summed E-state index contributed by atoms with van der Waals surface area (Å²) in [5, 5.41) is 8.90. The van der Waals surface area contributed by atoms with E-state index in [4.69, 9.17) is 9.84 Å². The molecule has 126 valence electrons. The zero-order chi connectivity index (χ0) is 17.0. The number of hydrogen-bond donors (Lipinski definition) is 1. The third-order valence-electron chi connectivity index (χ3n) is 3.57. The van der Waals surface area contributed by atoms with Gasteiger partial charge in [-0.15, -0.1) is 0 Å². The fourth-order valence-corrected chi connectivity index (χ4v) is 3.35. The Morgan fingerprint density at radius 1 is 1.26 bits per heavy atom. The molecule has 1 N–H and O–H groups in total. The molecule has 1 aromatic carbocycles. The molecule has 0 bridgehead atoms. The van der Waals surface area contributed by atoms with E-state index in [1.807, 2.05) is 0 Å². The zero-order valence-electron chi connectivity index (χ0n) is 12.8. The molecule has 1 aliphatic carbocycles. The van der Waals surface area contributed by atoms with Gasteiger partial charge in [0.1, 0.15) is 6.54 Å². The lowest BCUT2D eigenvalue weighted by atomic mass is 10.2. The maximum absolute atomic E-state index is 12.4. The number of nitrogens with zero attached hydrogens (tertiary/aromatic N) is 1. The Balaban J connectivity index is 2.15. The molecule has 7 nitrogen and oxygen atoms in total. The molecule has 0 spiro atoms. The molecular formula is C15H19NO6S. The molecule has 0 saturated heterocycles. The minimum atomic E-state index is -3.45. The first-order valence-corrected chi connectivity index (χ1v) is 8.85. The van der Waals surface area contributed by atoms with E-state index in [0.717, 1.165) is 12.8 Å². The standard InChI is InChI=1S/C15H19NO6S/c1-22-8-9-23(20,21)13-6-2-11(3-7-13)15(19)16(10-14(17)18)12-4-5-12/h2-3,6-7,12H,4-5,8-10H2,1H3,(H,17,18). The molecule has 8 heteroatoms. The second-order valence-electron chi connectivity index (χ2n) is 5.39. The number of amides is 1. The molecule has 0 unspecified atom stereocenters. The lowest BCUT2D eigenvalue weighted by molar-refractivity contribution is -0.137. The van der Waals surface area contributed by atoms with Crippen molar-refractivity contribution in [1.82, 2.24) is 4.90 Å². The number of benzene rings is 1. The van der Waals surface area contributed by atoms with Gasteiger partial charge in [0.15, 0.2) is 9.84 Å². The summed E-state index contributed by atoms with van der Waals surface area (Å²) >= 11 is 0. The van der Waals surface area contributed by atoms with E-state index in [1.165, 1.54) is 36.3 Å². The lowest BCUT2D eigenvalue weighted by Crippen LogP contribution is -2.37. The number of carbonyl (C=O) groups is 2. The normalized spacial score (nSPS) is 14.5. The van der Waals surface area contributed by atoms with Crippen molar-refractivity contribution in [3.63, 3.8) is 0 Å². The van der Waals surface area contributed by atoms with Crippen molar-refractivity contribution in [1.29, 1.82) is 0 Å². The van der Waals surface area contributed by atoms with Gasteiger partial charge in [-0.25, -0.2) is 8.42 Å². The molecule has 0 aliphatic heterocycles. The Kier molecular flexibility index (Phi) is 5.38. The van der Waals surface area contributed by atoms with Crippen molar-refractivity contribution in [2.24, 2.45) is 0 Å². The van der Waals surface area contributed by atoms with Crippen molar-refractivity contribution in [2.45, 2.75) is 23.8 Å². The van der Waals surface area contributed by atoms with Crippen LogP contribution in [0.3, 0.4) is 0 Å². The minimum absolute atomic E-state index is 0.0382. The van der Waals surface area contributed by atoms with Gasteiger partial charge in [-0.05, 0) is 37.1 Å². The van der Waals surface area contributed by atoms with Gasteiger partial charge in [-0.2, -0.15) is 0 Å². The topological polar surface area (TPSA) is 101 Å². The number of hydrogen-bond acceptors (Lipinski definition) is 5. The maximum Gasteiger partial charge on any atom is 0.323 e. The van der Waals surface area contributed by atoms with Crippen LogP contribution in [0.15, 0.2) is 29.2 Å². The van der Waals surface area contributed by atoms with Crippen LogP contribution in [0.5, 0.6) is 0 Å². The van der Waals surface area contributed by atoms with Crippen LogP contribution < -0.4 is 0 Å². The largest absolute Gasteiger partial charge is 0.480 e. The molecule has 1 fully saturated rings. The second kappa shape index (κ2) is 7.10. The Hall–Kier alpha value is -1.93. The number of rotatable bonds is 8. The summed E-state index contributed by atoms with van der Waals surface area (Å²) in [4.78, 5) is 24.7. The summed E-state index contributed by atoms with van der Waals surface area (Å²) < 4.78 is 28.8. The molecular weight excluding hydrogens is 322 g/mol. The average molecular weight is 341 g/mol. The molecule has 0 aromatic heterocycles. The molecule has 1 aromatic rings. The number of methoxy groups -OCH3 is 1. The molecule has 2 rings (SSSR count). The van der Waals surface area contributed by atoms with Gasteiger partial charge in [-0.3, -0.25) is 9.59 Å². The Morgan fingerprint density at radius 2 is 1.87 bits per heavy atom. The van der Waals surface area contributed by atoms with E-state index in [0.29, 0.717) is 0 Å². The van der Waals surface area contributed by atoms with Gasteiger partial charge in [0, 0.05) is 18.7 Å². The molecule has 0 radical (unpaired) electrons. The number of aliphatic carboxylic acids is 1. The van der Waals surface area contributed by atoms with E-state index in [2.05, 4.69) is 0 Å². The van der Waals surface area contributed by atoms with E-state index in [9.17, 15) is 18.0 Å². The quantitative estimate of drug-likeness (QED) is 0.750. The van der Waals surface area contributed by atoms with Crippen LogP contribution in [0.2, 0.25) is 0 Å². The molecule has 1 aliphatic rings. The Bertz CT molecular complexity index is 678. The molecule has 1 amide bonds. The van der Waals surface area contributed by atoms with Gasteiger partial charge in [0.2, 0.25) is 0 Å². The number of carboxylic acid groups (broad SMARTS) is 1. The first kappa shape index (κ1) is 17.4. The smallest absolute Gasteiger partial charge is 0.323 e. The third-order valence-corrected chi connectivity index (χ3v) is 5.27. The van der Waals surface area contributed by atoms with Crippen LogP contribution in [0.25, 0.3) is 0 Å². The highest BCUT2D eigenvalue weighted by Gasteiger charge is 2.34. The average Bonchev–Trinajstić information content (AvgIpc) is 3.35. The predicted molar refractivity (Wildman–Crippen MR) is 82.1 cm³/mol. The van der Waals surface area contributed by atoms with Crippen molar-refractivity contribution < 1.29 is 27.9 Å². The fraction of sp³-hybridized carbons (Fsp3) is 0.467. The molecule has 0 atom stereocenters. The van der Waals surface area contributed by atoms with Crippen LogP contribution in [0.4, 0.5) is 0 Å². The summed E-state index contributed by atoms with van der Waals surface area (Å²) in [5.41, 5.74) is 0.281. The van der Waals surface area contributed by atoms with E-state index in [-0.39, 0.29) is 35.4 Å². The number of ether oxygens (including phenoxy) is 1. The van der Waals surface area contributed by atoms with Gasteiger partial charge >= 0.3 is 5.97 Å². The highest BCUT2D eigenvalue weighted by molar-refractivity contribution is 7.91. The Labute approximate surface area is 134 Å². The maximum atomic E-state index is 12.4. The summed E-state index contributed by atoms with van der Waals surface area (Å²) in [6, 6.07) is 5.52. The van der Waals surface area contributed by atoms with Crippen LogP contribution in [-0.4, -0.2) is 62.4 Å². The summed E-state index contributed by atoms with van der Waals surface area (Å²) in [5.74, 6) is -1.59. The van der Waals surface area contributed by atoms with Crippen LogP contribution >= 0.6 is 0 Å². The highest BCUT2D eigenvalue weighted by Crippen LogP contribution is 2.28. The van der Waals surface area contributed by atoms with Crippen molar-refractivity contribution in [3.05, 3.63) is 29.8 Å². The highest BCUT2D eigenvalue weighted by atomic mass is 32.2. The SMILES string of the molecule is COCCS(=O)(=O)c1ccc(C(=O)N(CC(=O)O)C2CC2)cc1. The molecule has 23 heavy (non-hydrogen) atoms. The summed E-state index contributed by atoms with van der Waals surface area (Å²) in [7, 11) is -2.03. The van der Waals surface area contributed by atoms with Gasteiger partial charge in [0.05, 0.1) is 17.3 Å². The lowest BCUT2D eigenvalue weighted by Gasteiger charge is -2.20. The van der Waals surface area contributed by atoms with Crippen LogP contribution in [-0.2, 0) is 19.4 Å². The number of sulfone groups is 1. The molecule has 0 heterocycles. The van der Waals surface area contributed by atoms with Gasteiger partial charge in [0.25, 0.3) is 5.91 Å². The van der Waals surface area contributed by atoms with E-state index in [1.54, 1.807) is 0 Å². The van der Waals surface area contributed by atoms with Crippen molar-refractivity contribution >= 4 is 21.7 Å². The van der Waals surface area contributed by atoms with E-state index >= 15 is 0 Å². The summed E-state index contributed by atoms with van der Waals surface area (Å²) in [6.45, 7) is -0.255. The minimum Gasteiger partial charge on any atom is -0.480 e. The number of carbonyl (C=O) groups excluding carboxylic acids is 1. The van der Waals surface area contributed by atoms with Gasteiger partial charge in [-0.1, -0.05) is 0 Å². The second-order valence-corrected chi connectivity index (χ2v) is 7.50. The van der Waals surface area contributed by atoms with Crippen LogP contribution in [0, 0.1) is 0 Å². The van der Waals surface area contributed by atoms with Crippen molar-refractivity contribution in [3.8, 4) is 0 Å². The fourth-order valence-electron chi connectivity index (χ4n) is 2.18. The van der Waals surface area contributed by atoms with E-state index < -0.39 is 21.7 Å². The first-order chi connectivity index (χ1) is 10.8. The Morgan fingerprint density at radius 3 is 2.35 bits per heavy atom. The monoisotopic (exact) mass is 341 g/mol. The van der Waals surface area contributed by atoms with Gasteiger partial charge < -0.3 is 14.7 Å². The predicted octanol–water partition coefficient (Wildman–Crippen LogP) is 0.796. The van der Waals surface area contributed by atoms with Crippen LogP contribution in [0.1, 0.15) is 23.2 Å². The summed E-state index contributed by atoms with van der Waals surface area (Å²) in [6.07, 6.45) is 1.59. The first-order valence-electron chi connectivity index (χ1n) is 7.19. The number of carboxylic acids is 1.